The molecule has 2 aromatic carbocycles. The quantitative estimate of drug-likeness (QED) is 0.906. The van der Waals surface area contributed by atoms with E-state index >= 15 is 0 Å². The molecule has 0 radical (unpaired) electrons. The van der Waals surface area contributed by atoms with Crippen molar-refractivity contribution in [1.29, 1.82) is 0 Å². The molecule has 0 bridgehead atoms. The lowest BCUT2D eigenvalue weighted by Crippen LogP contribution is -2.37. The minimum atomic E-state index is -0.862. The van der Waals surface area contributed by atoms with E-state index in [4.69, 9.17) is 17.3 Å². The van der Waals surface area contributed by atoms with E-state index in [-0.39, 0.29) is 5.91 Å². The maximum atomic E-state index is 12.1. The Morgan fingerprint density at radius 2 is 1.60 bits per heavy atom. The lowest BCUT2D eigenvalue weighted by Gasteiger charge is -2.15. The third kappa shape index (κ3) is 3.36. The second-order valence-corrected chi connectivity index (χ2v) is 4.66. The average molecular weight is 289 g/mol. The monoisotopic (exact) mass is 288 g/mol. The van der Waals surface area contributed by atoms with Crippen molar-refractivity contribution in [2.75, 3.05) is 0 Å². The van der Waals surface area contributed by atoms with Gasteiger partial charge in [0, 0.05) is 10.6 Å². The highest BCUT2D eigenvalue weighted by molar-refractivity contribution is 6.30. The molecular weight excluding hydrogens is 276 g/mol. The second kappa shape index (κ2) is 6.21. The van der Waals surface area contributed by atoms with Gasteiger partial charge in [-0.2, -0.15) is 0 Å². The zero-order chi connectivity index (χ0) is 14.5. The van der Waals surface area contributed by atoms with Crippen molar-refractivity contribution < 1.29 is 9.59 Å². The van der Waals surface area contributed by atoms with Gasteiger partial charge in [0.25, 0.3) is 5.91 Å². The molecular formula is C15H13ClN2O2. The summed E-state index contributed by atoms with van der Waals surface area (Å²) in [5.74, 6) is -0.993. The molecule has 0 aliphatic rings. The van der Waals surface area contributed by atoms with E-state index in [1.54, 1.807) is 48.5 Å². The van der Waals surface area contributed by atoms with Gasteiger partial charge in [0.15, 0.2) is 0 Å². The SMILES string of the molecule is NC(=O)C(NC(=O)c1ccc(Cl)cc1)c1ccccc1. The summed E-state index contributed by atoms with van der Waals surface area (Å²) in [5, 5.41) is 3.15. The molecule has 2 aromatic rings. The lowest BCUT2D eigenvalue weighted by atomic mass is 10.1. The standard InChI is InChI=1S/C15H13ClN2O2/c16-12-8-6-11(7-9-12)15(20)18-13(14(17)19)10-4-2-1-3-5-10/h1-9,13H,(H2,17,19)(H,18,20). The smallest absolute Gasteiger partial charge is 0.252 e. The number of carbonyl (C=O) groups excluding carboxylic acids is 2. The zero-order valence-corrected chi connectivity index (χ0v) is 11.3. The molecule has 0 aliphatic heterocycles. The number of hydrogen-bond acceptors (Lipinski definition) is 2. The highest BCUT2D eigenvalue weighted by Gasteiger charge is 2.20. The summed E-state index contributed by atoms with van der Waals surface area (Å²) in [6.07, 6.45) is 0. The fraction of sp³-hybridized carbons (Fsp3) is 0.0667. The van der Waals surface area contributed by atoms with Crippen LogP contribution < -0.4 is 11.1 Å². The number of carbonyl (C=O) groups is 2. The van der Waals surface area contributed by atoms with Crippen LogP contribution in [0.2, 0.25) is 5.02 Å². The van der Waals surface area contributed by atoms with Gasteiger partial charge >= 0.3 is 0 Å². The Morgan fingerprint density at radius 1 is 1.00 bits per heavy atom. The van der Waals surface area contributed by atoms with E-state index in [9.17, 15) is 9.59 Å². The summed E-state index contributed by atoms with van der Waals surface area (Å²) in [6, 6.07) is 14.4. The van der Waals surface area contributed by atoms with E-state index in [2.05, 4.69) is 5.32 Å². The first-order chi connectivity index (χ1) is 9.58. The molecule has 0 saturated heterocycles. The van der Waals surface area contributed by atoms with Gasteiger partial charge in [0.05, 0.1) is 0 Å². The topological polar surface area (TPSA) is 72.2 Å². The van der Waals surface area contributed by atoms with Crippen LogP contribution >= 0.6 is 11.6 Å². The fourth-order valence-corrected chi connectivity index (χ4v) is 1.91. The molecule has 2 amide bonds. The molecule has 0 spiro atoms. The first-order valence-electron chi connectivity index (χ1n) is 5.98. The molecule has 102 valence electrons. The third-order valence-corrected chi connectivity index (χ3v) is 3.05. The van der Waals surface area contributed by atoms with E-state index in [0.717, 1.165) is 0 Å². The molecule has 2 rings (SSSR count). The molecule has 1 unspecified atom stereocenters. The van der Waals surface area contributed by atoms with E-state index in [1.165, 1.54) is 0 Å². The van der Waals surface area contributed by atoms with Gasteiger partial charge in [-0.3, -0.25) is 9.59 Å². The molecule has 4 nitrogen and oxygen atoms in total. The first-order valence-corrected chi connectivity index (χ1v) is 6.36. The summed E-state index contributed by atoms with van der Waals surface area (Å²) in [7, 11) is 0. The van der Waals surface area contributed by atoms with Crippen LogP contribution in [0.15, 0.2) is 54.6 Å². The van der Waals surface area contributed by atoms with Crippen LogP contribution in [0.5, 0.6) is 0 Å². The van der Waals surface area contributed by atoms with Crippen LogP contribution in [0, 0.1) is 0 Å². The molecule has 20 heavy (non-hydrogen) atoms. The van der Waals surface area contributed by atoms with Gasteiger partial charge in [-0.25, -0.2) is 0 Å². The fourth-order valence-electron chi connectivity index (χ4n) is 1.78. The highest BCUT2D eigenvalue weighted by Crippen LogP contribution is 2.14. The van der Waals surface area contributed by atoms with Crippen LogP contribution in [0.4, 0.5) is 0 Å². The summed E-state index contributed by atoms with van der Waals surface area (Å²) in [4.78, 5) is 23.6. The van der Waals surface area contributed by atoms with E-state index < -0.39 is 11.9 Å². The Morgan fingerprint density at radius 3 is 2.15 bits per heavy atom. The lowest BCUT2D eigenvalue weighted by molar-refractivity contribution is -0.120. The molecule has 3 N–H and O–H groups in total. The van der Waals surface area contributed by atoms with Crippen LogP contribution in [0.1, 0.15) is 22.0 Å². The van der Waals surface area contributed by atoms with Crippen molar-refractivity contribution in [1.82, 2.24) is 5.32 Å². The number of rotatable bonds is 4. The van der Waals surface area contributed by atoms with Crippen molar-refractivity contribution in [3.8, 4) is 0 Å². The van der Waals surface area contributed by atoms with E-state index in [1.807, 2.05) is 6.07 Å². The molecule has 0 aliphatic carbocycles. The summed E-state index contributed by atoms with van der Waals surface area (Å²) in [5.41, 5.74) is 6.40. The minimum absolute atomic E-state index is 0.380. The van der Waals surface area contributed by atoms with Gasteiger partial charge in [-0.1, -0.05) is 41.9 Å². The van der Waals surface area contributed by atoms with Crippen molar-refractivity contribution in [3.63, 3.8) is 0 Å². The van der Waals surface area contributed by atoms with Gasteiger partial charge in [-0.05, 0) is 29.8 Å². The van der Waals surface area contributed by atoms with Crippen molar-refractivity contribution in [3.05, 3.63) is 70.7 Å². The van der Waals surface area contributed by atoms with Gasteiger partial charge in [0.2, 0.25) is 5.91 Å². The second-order valence-electron chi connectivity index (χ2n) is 4.23. The van der Waals surface area contributed by atoms with Gasteiger partial charge in [-0.15, -0.1) is 0 Å². The molecule has 0 heterocycles. The van der Waals surface area contributed by atoms with Crippen LogP contribution in [-0.4, -0.2) is 11.8 Å². The number of nitrogens with one attached hydrogen (secondary N) is 1. The molecule has 0 saturated carbocycles. The molecule has 5 heteroatoms. The number of primary amides is 1. The Hall–Kier alpha value is -2.33. The van der Waals surface area contributed by atoms with Crippen LogP contribution in [0.3, 0.4) is 0 Å². The minimum Gasteiger partial charge on any atom is -0.368 e. The number of amides is 2. The number of halogens is 1. The number of hydrogen-bond donors (Lipinski definition) is 2. The van der Waals surface area contributed by atoms with Crippen LogP contribution in [-0.2, 0) is 4.79 Å². The number of benzene rings is 2. The largest absolute Gasteiger partial charge is 0.368 e. The molecule has 0 aromatic heterocycles. The van der Waals surface area contributed by atoms with E-state index in [0.29, 0.717) is 16.1 Å². The Balaban J connectivity index is 2.19. The molecule has 0 fully saturated rings. The normalized spacial score (nSPS) is 11.7. The van der Waals surface area contributed by atoms with Crippen molar-refractivity contribution in [2.45, 2.75) is 6.04 Å². The first kappa shape index (κ1) is 14.1. The van der Waals surface area contributed by atoms with Crippen molar-refractivity contribution in [2.24, 2.45) is 5.73 Å². The average Bonchev–Trinajstić information content (AvgIpc) is 2.46. The zero-order valence-electron chi connectivity index (χ0n) is 10.5. The Bertz CT molecular complexity index is 612. The summed E-state index contributed by atoms with van der Waals surface area (Å²) < 4.78 is 0. The predicted octanol–water partition coefficient (Wildman–Crippen LogP) is 2.30. The van der Waals surface area contributed by atoms with Gasteiger partial charge < -0.3 is 11.1 Å². The maximum absolute atomic E-state index is 12.1. The van der Waals surface area contributed by atoms with Gasteiger partial charge in [0.1, 0.15) is 6.04 Å². The Labute approximate surface area is 121 Å². The predicted molar refractivity (Wildman–Crippen MR) is 77.3 cm³/mol. The summed E-state index contributed by atoms with van der Waals surface area (Å²) >= 11 is 5.76. The van der Waals surface area contributed by atoms with Crippen molar-refractivity contribution >= 4 is 23.4 Å². The third-order valence-electron chi connectivity index (χ3n) is 2.80. The van der Waals surface area contributed by atoms with Crippen LogP contribution in [0.25, 0.3) is 0 Å². The maximum Gasteiger partial charge on any atom is 0.252 e. The molecule has 1 atom stereocenters. The number of nitrogens with two attached hydrogens (primary N) is 1. The highest BCUT2D eigenvalue weighted by atomic mass is 35.5. The summed E-state index contributed by atoms with van der Waals surface area (Å²) in [6.45, 7) is 0. The Kier molecular flexibility index (Phi) is 4.38.